The molecule has 2 fully saturated rings. The zero-order valence-electron chi connectivity index (χ0n) is 18.1. The third-order valence-electron chi connectivity index (χ3n) is 6.40. The fourth-order valence-electron chi connectivity index (χ4n) is 4.69. The molecule has 0 aromatic carbocycles. The number of fused-ring (bicyclic) bond motifs is 1. The molecule has 0 radical (unpaired) electrons. The maximum absolute atomic E-state index is 12.9. The Morgan fingerprint density at radius 1 is 1.24 bits per heavy atom. The summed E-state index contributed by atoms with van der Waals surface area (Å²) in [6.45, 7) is 1.22. The predicted octanol–water partition coefficient (Wildman–Crippen LogP) is 3.40. The molecule has 0 bridgehead atoms. The lowest BCUT2D eigenvalue weighted by atomic mass is 9.60. The van der Waals surface area contributed by atoms with Crippen molar-refractivity contribution < 1.29 is 27.5 Å². The molecule has 2 aliphatic rings. The van der Waals surface area contributed by atoms with E-state index in [0.29, 0.717) is 18.7 Å². The van der Waals surface area contributed by atoms with Crippen LogP contribution in [0, 0.1) is 5.41 Å². The Kier molecular flexibility index (Phi) is 5.10. The van der Waals surface area contributed by atoms with Crippen LogP contribution in [0.25, 0.3) is 5.52 Å². The molecule has 1 saturated heterocycles. The van der Waals surface area contributed by atoms with Crippen LogP contribution < -0.4 is 10.1 Å². The van der Waals surface area contributed by atoms with Crippen LogP contribution in [0.2, 0.25) is 0 Å². The van der Waals surface area contributed by atoms with E-state index in [9.17, 15) is 22.8 Å². The van der Waals surface area contributed by atoms with Gasteiger partial charge in [0.15, 0.2) is 0 Å². The lowest BCUT2D eigenvalue weighted by molar-refractivity contribution is -0.274. The number of amides is 3. The lowest BCUT2D eigenvalue weighted by Crippen LogP contribution is -2.67. The van der Waals surface area contributed by atoms with Gasteiger partial charge in [-0.15, -0.1) is 13.2 Å². The van der Waals surface area contributed by atoms with Crippen molar-refractivity contribution in [2.24, 2.45) is 5.41 Å². The number of urea groups is 1. The largest absolute Gasteiger partial charge is 0.573 e. The summed E-state index contributed by atoms with van der Waals surface area (Å²) in [7, 11) is 1.63. The Morgan fingerprint density at radius 3 is 2.74 bits per heavy atom. The third kappa shape index (κ3) is 4.11. The van der Waals surface area contributed by atoms with Gasteiger partial charge >= 0.3 is 12.4 Å². The number of rotatable bonds is 4. The molecule has 9 nitrogen and oxygen atoms in total. The molecular weight excluding hydrogens is 453 g/mol. The van der Waals surface area contributed by atoms with Gasteiger partial charge in [0.25, 0.3) is 5.91 Å². The average Bonchev–Trinajstić information content (AvgIpc) is 3.14. The second kappa shape index (κ2) is 7.89. The number of aromatic nitrogens is 3. The Labute approximate surface area is 192 Å². The topological polar surface area (TPSA) is 92.1 Å². The molecule has 1 spiro atoms. The minimum absolute atomic E-state index is 0.0173. The molecular formula is C22H21F3N6O3. The number of hydrogen-bond acceptors (Lipinski definition) is 5. The number of halogens is 3. The highest BCUT2D eigenvalue weighted by atomic mass is 19.4. The number of likely N-dealkylation sites (tertiary alicyclic amines) is 1. The summed E-state index contributed by atoms with van der Waals surface area (Å²) in [4.78, 5) is 32.6. The minimum atomic E-state index is -4.83. The molecule has 3 amide bonds. The number of ether oxygens (including phenoxy) is 1. The first kappa shape index (κ1) is 22.0. The van der Waals surface area contributed by atoms with Crippen molar-refractivity contribution in [3.05, 3.63) is 54.5 Å². The summed E-state index contributed by atoms with van der Waals surface area (Å²) in [5.41, 5.74) is 1.30. The second-order valence-electron chi connectivity index (χ2n) is 8.78. The van der Waals surface area contributed by atoms with Crippen molar-refractivity contribution in [1.29, 1.82) is 0 Å². The van der Waals surface area contributed by atoms with Crippen LogP contribution in [0.4, 0.5) is 23.8 Å². The van der Waals surface area contributed by atoms with Crippen LogP contribution in [0.3, 0.4) is 0 Å². The standard InChI is InChI=1S/C22H21F3N6O3/c1-29(20(33)28-18-8-15(5-6-26-18)34-22(23,24)25)14-9-21(10-14)12-30(13-21)19(32)16-11-27-31-7-3-2-4-17(16)31/h2-8,11,14H,9-10,12-13H2,1H3,(H,26,28,33). The van der Waals surface area contributed by atoms with Crippen molar-refractivity contribution in [3.8, 4) is 5.75 Å². The molecule has 0 unspecified atom stereocenters. The van der Waals surface area contributed by atoms with Crippen molar-refractivity contribution in [3.63, 3.8) is 0 Å². The number of nitrogens with zero attached hydrogens (tertiary/aromatic N) is 5. The van der Waals surface area contributed by atoms with E-state index in [1.165, 1.54) is 4.90 Å². The molecule has 3 aromatic rings. The van der Waals surface area contributed by atoms with Crippen LogP contribution >= 0.6 is 0 Å². The molecule has 34 heavy (non-hydrogen) atoms. The number of alkyl halides is 3. The number of carbonyl (C=O) groups excluding carboxylic acids is 2. The van der Waals surface area contributed by atoms with E-state index in [-0.39, 0.29) is 23.2 Å². The number of hydrogen-bond donors (Lipinski definition) is 1. The molecule has 5 rings (SSSR count). The van der Waals surface area contributed by atoms with Gasteiger partial charge in [0.1, 0.15) is 11.6 Å². The predicted molar refractivity (Wildman–Crippen MR) is 114 cm³/mol. The highest BCUT2D eigenvalue weighted by Gasteiger charge is 2.55. The van der Waals surface area contributed by atoms with Crippen molar-refractivity contribution in [2.75, 3.05) is 25.5 Å². The van der Waals surface area contributed by atoms with Crippen molar-refractivity contribution in [2.45, 2.75) is 25.2 Å². The smallest absolute Gasteiger partial charge is 0.406 e. The normalized spacial score (nSPS) is 17.2. The van der Waals surface area contributed by atoms with Gasteiger partial charge in [-0.25, -0.2) is 14.3 Å². The molecule has 178 valence electrons. The van der Waals surface area contributed by atoms with Gasteiger partial charge in [0.05, 0.1) is 17.3 Å². The molecule has 0 atom stereocenters. The van der Waals surface area contributed by atoms with E-state index in [4.69, 9.17) is 0 Å². The summed E-state index contributed by atoms with van der Waals surface area (Å²) in [6, 6.07) is 7.10. The quantitative estimate of drug-likeness (QED) is 0.626. The molecule has 1 saturated carbocycles. The number of anilines is 1. The van der Waals surface area contributed by atoms with Gasteiger partial charge in [-0.3, -0.25) is 10.1 Å². The number of carbonyl (C=O) groups is 2. The molecule has 4 heterocycles. The van der Waals surface area contributed by atoms with Gasteiger partial charge in [-0.2, -0.15) is 5.10 Å². The van der Waals surface area contributed by atoms with E-state index < -0.39 is 18.1 Å². The first-order chi connectivity index (χ1) is 16.1. The van der Waals surface area contributed by atoms with E-state index in [1.807, 2.05) is 18.2 Å². The first-order valence-electron chi connectivity index (χ1n) is 10.6. The summed E-state index contributed by atoms with van der Waals surface area (Å²) in [6.07, 6.45) is 1.13. The maximum atomic E-state index is 12.9. The Morgan fingerprint density at radius 2 is 2.00 bits per heavy atom. The van der Waals surface area contributed by atoms with Crippen LogP contribution in [0.15, 0.2) is 48.9 Å². The zero-order valence-corrected chi connectivity index (χ0v) is 18.1. The van der Waals surface area contributed by atoms with Crippen LogP contribution in [0.5, 0.6) is 5.75 Å². The van der Waals surface area contributed by atoms with Crippen molar-refractivity contribution >= 4 is 23.3 Å². The van der Waals surface area contributed by atoms with Crippen LogP contribution in [-0.4, -0.2) is 68.9 Å². The molecule has 12 heteroatoms. The summed E-state index contributed by atoms with van der Waals surface area (Å²) < 4.78 is 42.7. The fourth-order valence-corrected chi connectivity index (χ4v) is 4.69. The SMILES string of the molecule is CN(C(=O)Nc1cc(OC(F)(F)F)ccn1)C1CC2(C1)CN(C(=O)c1cnn3ccccc13)C2. The first-order valence-corrected chi connectivity index (χ1v) is 10.6. The molecule has 1 aliphatic carbocycles. The summed E-state index contributed by atoms with van der Waals surface area (Å²) in [5.74, 6) is -0.566. The van der Waals surface area contributed by atoms with Gasteiger partial charge in [-0.05, 0) is 31.0 Å². The van der Waals surface area contributed by atoms with E-state index in [2.05, 4.69) is 20.1 Å². The average molecular weight is 474 g/mol. The summed E-state index contributed by atoms with van der Waals surface area (Å²) >= 11 is 0. The second-order valence-corrected chi connectivity index (χ2v) is 8.78. The fraction of sp³-hybridized carbons (Fsp3) is 0.364. The summed E-state index contributed by atoms with van der Waals surface area (Å²) in [5, 5.41) is 6.71. The molecule has 3 aromatic heterocycles. The Hall–Kier alpha value is -3.83. The van der Waals surface area contributed by atoms with Crippen molar-refractivity contribution in [1.82, 2.24) is 24.4 Å². The van der Waals surface area contributed by atoms with Gasteiger partial charge in [0.2, 0.25) is 0 Å². The Bertz CT molecular complexity index is 1250. The zero-order chi connectivity index (χ0) is 24.1. The molecule has 1 N–H and O–H groups in total. The monoisotopic (exact) mass is 474 g/mol. The lowest BCUT2D eigenvalue weighted by Gasteiger charge is -2.60. The van der Waals surface area contributed by atoms with E-state index in [1.54, 1.807) is 28.9 Å². The number of nitrogens with one attached hydrogen (secondary N) is 1. The Balaban J connectivity index is 1.13. The highest BCUT2D eigenvalue weighted by molar-refractivity contribution is 6.01. The van der Waals surface area contributed by atoms with E-state index in [0.717, 1.165) is 36.7 Å². The maximum Gasteiger partial charge on any atom is 0.573 e. The highest BCUT2D eigenvalue weighted by Crippen LogP contribution is 2.50. The minimum Gasteiger partial charge on any atom is -0.406 e. The van der Waals surface area contributed by atoms with Gasteiger partial charge < -0.3 is 14.5 Å². The van der Waals surface area contributed by atoms with Crippen LogP contribution in [0.1, 0.15) is 23.2 Å². The third-order valence-corrected chi connectivity index (χ3v) is 6.40. The van der Waals surface area contributed by atoms with Gasteiger partial charge in [-0.1, -0.05) is 6.07 Å². The van der Waals surface area contributed by atoms with Crippen LogP contribution in [-0.2, 0) is 0 Å². The van der Waals surface area contributed by atoms with Gasteiger partial charge in [0, 0.05) is 50.1 Å². The van der Waals surface area contributed by atoms with E-state index >= 15 is 0 Å². The molecule has 1 aliphatic heterocycles. The number of pyridine rings is 2.